The highest BCUT2D eigenvalue weighted by molar-refractivity contribution is 6.28. The topological polar surface area (TPSA) is 67.4 Å². The van der Waals surface area contributed by atoms with Gasteiger partial charge >= 0.3 is 5.97 Å². The van der Waals surface area contributed by atoms with Crippen molar-refractivity contribution in [2.24, 2.45) is 0 Å². The van der Waals surface area contributed by atoms with Crippen LogP contribution in [0.3, 0.4) is 0 Å². The summed E-state index contributed by atoms with van der Waals surface area (Å²) in [4.78, 5) is 21.7. The summed E-state index contributed by atoms with van der Waals surface area (Å²) >= 11 is 5.67. The van der Waals surface area contributed by atoms with Gasteiger partial charge in [0.25, 0.3) is 0 Å². The van der Waals surface area contributed by atoms with Crippen molar-refractivity contribution >= 4 is 23.3 Å². The number of hydrogen-bond donors (Lipinski definition) is 1. The number of halogens is 1. The van der Waals surface area contributed by atoms with Crippen molar-refractivity contribution in [1.82, 2.24) is 9.97 Å². The summed E-state index contributed by atoms with van der Waals surface area (Å²) in [6, 6.07) is 7.94. The third kappa shape index (κ3) is 2.44. The summed E-state index contributed by atoms with van der Waals surface area (Å²) in [6.45, 7) is 6.84. The van der Waals surface area contributed by atoms with E-state index < -0.39 is 5.97 Å². The largest absolute Gasteiger partial charge is 0.477 e. The maximum atomic E-state index is 10.8. The summed E-state index contributed by atoms with van der Waals surface area (Å²) in [6.07, 6.45) is 0. The molecule has 0 atom stereocenters. The van der Waals surface area contributed by atoms with E-state index in [0.717, 1.165) is 0 Å². The van der Waals surface area contributed by atoms with E-state index in [1.807, 2.05) is 0 Å². The van der Waals surface area contributed by atoms with E-state index in [4.69, 9.17) is 23.3 Å². The molecule has 0 radical (unpaired) electrons. The molecule has 0 spiro atoms. The number of aromatic nitrogens is 2. The zero-order valence-electron chi connectivity index (χ0n) is 8.96. The number of benzene rings is 1. The van der Waals surface area contributed by atoms with Gasteiger partial charge in [0.2, 0.25) is 5.28 Å². The van der Waals surface area contributed by atoms with Crippen LogP contribution in [0, 0.1) is 6.57 Å². The Hall–Kier alpha value is -2.45. The Kier molecular flexibility index (Phi) is 3.22. The molecule has 0 aliphatic carbocycles. The number of aromatic carboxylic acids is 1. The molecule has 1 N–H and O–H groups in total. The first-order valence-electron chi connectivity index (χ1n) is 4.86. The van der Waals surface area contributed by atoms with Gasteiger partial charge in [0.1, 0.15) is 0 Å². The first kappa shape index (κ1) is 12.0. The van der Waals surface area contributed by atoms with E-state index in [2.05, 4.69) is 14.8 Å². The summed E-state index contributed by atoms with van der Waals surface area (Å²) in [5.74, 6) is -1.17. The summed E-state index contributed by atoms with van der Waals surface area (Å²) in [5, 5.41) is 8.75. The van der Waals surface area contributed by atoms with Crippen LogP contribution in [-0.4, -0.2) is 21.0 Å². The lowest BCUT2D eigenvalue weighted by molar-refractivity contribution is 0.0690. The van der Waals surface area contributed by atoms with Crippen LogP contribution in [-0.2, 0) is 0 Å². The molecule has 1 aromatic carbocycles. The van der Waals surface area contributed by atoms with Crippen LogP contribution in [0.15, 0.2) is 30.3 Å². The first-order valence-corrected chi connectivity index (χ1v) is 5.24. The molecule has 0 saturated carbocycles. The van der Waals surface area contributed by atoms with Gasteiger partial charge in [-0.05, 0) is 23.2 Å². The fourth-order valence-corrected chi connectivity index (χ4v) is 1.56. The van der Waals surface area contributed by atoms with Crippen LogP contribution in [0.4, 0.5) is 5.69 Å². The molecule has 0 fully saturated rings. The van der Waals surface area contributed by atoms with Crippen molar-refractivity contribution in [1.29, 1.82) is 0 Å². The Bertz CT molecular complexity index is 647. The lowest BCUT2D eigenvalue weighted by atomic mass is 10.1. The van der Waals surface area contributed by atoms with Crippen LogP contribution in [0.1, 0.15) is 10.5 Å². The van der Waals surface area contributed by atoms with Gasteiger partial charge in [-0.1, -0.05) is 24.3 Å². The molecule has 2 rings (SSSR count). The summed E-state index contributed by atoms with van der Waals surface area (Å²) in [5.41, 5.74) is 1.41. The van der Waals surface area contributed by atoms with Gasteiger partial charge in [-0.25, -0.2) is 19.6 Å². The number of rotatable bonds is 2. The molecule has 5 nitrogen and oxygen atoms in total. The van der Waals surface area contributed by atoms with Gasteiger partial charge in [-0.3, -0.25) is 0 Å². The van der Waals surface area contributed by atoms with Gasteiger partial charge in [0.05, 0.1) is 12.3 Å². The zero-order valence-corrected chi connectivity index (χ0v) is 9.72. The molecule has 0 aliphatic rings. The minimum atomic E-state index is -1.17. The number of carboxylic acids is 1. The molecule has 1 aromatic heterocycles. The van der Waals surface area contributed by atoms with E-state index in [0.29, 0.717) is 16.9 Å². The second-order valence-corrected chi connectivity index (χ2v) is 3.71. The third-order valence-corrected chi connectivity index (χ3v) is 2.38. The van der Waals surface area contributed by atoms with Crippen molar-refractivity contribution in [2.75, 3.05) is 0 Å². The van der Waals surface area contributed by atoms with Crippen LogP contribution in [0.5, 0.6) is 0 Å². The lowest BCUT2D eigenvalue weighted by Crippen LogP contribution is -2.02. The Morgan fingerprint density at radius 2 is 1.94 bits per heavy atom. The molecule has 88 valence electrons. The summed E-state index contributed by atoms with van der Waals surface area (Å²) < 4.78 is 0. The van der Waals surface area contributed by atoms with E-state index in [9.17, 15) is 4.79 Å². The predicted octanol–water partition coefficient (Wildman–Crippen LogP) is 3.05. The maximum Gasteiger partial charge on any atom is 0.354 e. The average Bonchev–Trinajstić information content (AvgIpc) is 2.38. The normalized spacial score (nSPS) is 9.78. The highest BCUT2D eigenvalue weighted by Gasteiger charge is 2.10. The van der Waals surface area contributed by atoms with Gasteiger partial charge in [0.15, 0.2) is 11.4 Å². The molecular formula is C12H6ClN3O2. The van der Waals surface area contributed by atoms with E-state index in [1.165, 1.54) is 6.07 Å². The molecule has 1 heterocycles. The third-order valence-electron chi connectivity index (χ3n) is 2.21. The minimum Gasteiger partial charge on any atom is -0.477 e. The molecule has 0 unspecified atom stereocenters. The van der Waals surface area contributed by atoms with Crippen LogP contribution < -0.4 is 0 Å². The standard InChI is InChI=1S/C12H6ClN3O2/c1-14-8-4-2-7(3-5-8)9-6-10(11(17)18)16-12(13)15-9/h2-6H,(H,17,18). The second-order valence-electron chi connectivity index (χ2n) is 3.37. The molecule has 2 aromatic rings. The van der Waals surface area contributed by atoms with E-state index in [-0.39, 0.29) is 11.0 Å². The van der Waals surface area contributed by atoms with Crippen molar-refractivity contribution in [2.45, 2.75) is 0 Å². The number of hydrogen-bond acceptors (Lipinski definition) is 3. The van der Waals surface area contributed by atoms with E-state index in [1.54, 1.807) is 24.3 Å². The van der Waals surface area contributed by atoms with Crippen molar-refractivity contribution in [3.8, 4) is 11.3 Å². The van der Waals surface area contributed by atoms with Crippen LogP contribution >= 0.6 is 11.6 Å². The van der Waals surface area contributed by atoms with Gasteiger partial charge < -0.3 is 5.11 Å². The smallest absolute Gasteiger partial charge is 0.354 e. The monoisotopic (exact) mass is 259 g/mol. The number of carbonyl (C=O) groups is 1. The molecule has 18 heavy (non-hydrogen) atoms. The van der Waals surface area contributed by atoms with Crippen molar-refractivity contribution in [3.63, 3.8) is 0 Å². The first-order chi connectivity index (χ1) is 8.60. The SMILES string of the molecule is [C-]#[N+]c1ccc(-c2cc(C(=O)O)nc(Cl)n2)cc1. The fraction of sp³-hybridized carbons (Fsp3) is 0. The number of nitrogens with zero attached hydrogens (tertiary/aromatic N) is 3. The zero-order chi connectivity index (χ0) is 13.1. The predicted molar refractivity (Wildman–Crippen MR) is 65.7 cm³/mol. The van der Waals surface area contributed by atoms with Crippen molar-refractivity contribution < 1.29 is 9.90 Å². The van der Waals surface area contributed by atoms with E-state index >= 15 is 0 Å². The molecule has 0 saturated heterocycles. The molecule has 0 bridgehead atoms. The Morgan fingerprint density at radius 1 is 1.28 bits per heavy atom. The molecule has 0 amide bonds. The Labute approximate surface area is 108 Å². The molecule has 6 heteroatoms. The maximum absolute atomic E-state index is 10.8. The van der Waals surface area contributed by atoms with Crippen molar-refractivity contribution in [3.05, 3.63) is 52.7 Å². The lowest BCUT2D eigenvalue weighted by Gasteiger charge is -2.03. The average molecular weight is 260 g/mol. The fourth-order valence-electron chi connectivity index (χ4n) is 1.38. The Morgan fingerprint density at radius 3 is 2.50 bits per heavy atom. The van der Waals surface area contributed by atoms with Crippen LogP contribution in [0.2, 0.25) is 5.28 Å². The van der Waals surface area contributed by atoms with Crippen LogP contribution in [0.25, 0.3) is 16.1 Å². The van der Waals surface area contributed by atoms with Gasteiger partial charge in [-0.2, -0.15) is 0 Å². The van der Waals surface area contributed by atoms with Gasteiger partial charge in [0, 0.05) is 0 Å². The quantitative estimate of drug-likeness (QED) is 0.665. The highest BCUT2D eigenvalue weighted by Crippen LogP contribution is 2.22. The molecule has 0 aliphatic heterocycles. The Balaban J connectivity index is 2.50. The summed E-state index contributed by atoms with van der Waals surface area (Å²) in [7, 11) is 0. The highest BCUT2D eigenvalue weighted by atomic mass is 35.5. The number of carboxylic acid groups (broad SMARTS) is 1. The molecular weight excluding hydrogens is 254 g/mol. The minimum absolute atomic E-state index is 0.126. The second kappa shape index (κ2) is 4.82. The van der Waals surface area contributed by atoms with Gasteiger partial charge in [-0.15, -0.1) is 0 Å².